The molecule has 0 aliphatic heterocycles. The average molecular weight is 328 g/mol. The van der Waals surface area contributed by atoms with Crippen LogP contribution in [0.3, 0.4) is 0 Å². The number of carbonyl (C=O) groups is 1. The zero-order chi connectivity index (χ0) is 17.6. The van der Waals surface area contributed by atoms with Gasteiger partial charge in [-0.05, 0) is 61.0 Å². The van der Waals surface area contributed by atoms with Crippen LogP contribution in [0.15, 0.2) is 60.8 Å². The second kappa shape index (κ2) is 5.57. The Kier molecular flexibility index (Phi) is 3.36. The Morgan fingerprint density at radius 3 is 2.56 bits per heavy atom. The molecule has 2 aromatic heterocycles. The Labute approximate surface area is 143 Å². The molecule has 4 rings (SSSR count). The molecule has 0 aliphatic rings. The van der Waals surface area contributed by atoms with Gasteiger partial charge in [0.15, 0.2) is 5.78 Å². The molecule has 0 N–H and O–H groups in total. The smallest absolute Gasteiger partial charge is 0.195 e. The van der Waals surface area contributed by atoms with Crippen LogP contribution in [-0.2, 0) is 0 Å². The summed E-state index contributed by atoms with van der Waals surface area (Å²) in [4.78, 5) is 13.0. The van der Waals surface area contributed by atoms with Crippen molar-refractivity contribution in [3.05, 3.63) is 88.9 Å². The van der Waals surface area contributed by atoms with Crippen LogP contribution in [-0.4, -0.2) is 10.2 Å². The van der Waals surface area contributed by atoms with Gasteiger partial charge in [-0.1, -0.05) is 6.07 Å². The molecular weight excluding hydrogens is 315 g/mol. The maximum absolute atomic E-state index is 13.2. The third-order valence-electron chi connectivity index (χ3n) is 4.28. The van der Waals surface area contributed by atoms with Crippen LogP contribution in [0.2, 0.25) is 0 Å². The molecule has 4 heteroatoms. The Morgan fingerprint density at radius 2 is 1.84 bits per heavy atom. The topological polar surface area (TPSA) is 45.3 Å². The lowest BCUT2D eigenvalue weighted by atomic mass is 9.98. The summed E-state index contributed by atoms with van der Waals surface area (Å²) in [7, 11) is 0. The predicted octanol–water partition coefficient (Wildman–Crippen LogP) is 4.64. The highest BCUT2D eigenvalue weighted by atomic mass is 19.1. The van der Waals surface area contributed by atoms with Gasteiger partial charge in [-0.3, -0.25) is 4.79 Å². The predicted molar refractivity (Wildman–Crippen MR) is 94.2 cm³/mol. The van der Waals surface area contributed by atoms with E-state index in [0.29, 0.717) is 16.7 Å². The van der Waals surface area contributed by atoms with E-state index in [1.807, 2.05) is 35.7 Å². The van der Waals surface area contributed by atoms with E-state index in [2.05, 4.69) is 6.07 Å². The van der Waals surface area contributed by atoms with Gasteiger partial charge in [0.25, 0.3) is 0 Å². The second-order valence-electron chi connectivity index (χ2n) is 6.06. The molecule has 4 aromatic rings. The van der Waals surface area contributed by atoms with Crippen molar-refractivity contribution in [1.29, 1.82) is 5.26 Å². The fourth-order valence-electron chi connectivity index (χ4n) is 3.16. The molecule has 0 fully saturated rings. The Bertz CT molecular complexity index is 1180. The molecule has 25 heavy (non-hydrogen) atoms. The monoisotopic (exact) mass is 328 g/mol. The standard InChI is InChI=1S/C21H13FN2O/c1-13-8-18-7-4-16-9-14(11-23)10-19(20(16)24(18)12-13)21(25)15-2-5-17(22)6-3-15/h2-10,12H,1H3. The molecule has 0 atom stereocenters. The fraction of sp³-hybridized carbons (Fsp3) is 0.0476. The van der Waals surface area contributed by atoms with Crippen LogP contribution in [0, 0.1) is 24.1 Å². The minimum atomic E-state index is -0.393. The van der Waals surface area contributed by atoms with Gasteiger partial charge in [0.1, 0.15) is 5.82 Å². The molecule has 0 aliphatic carbocycles. The van der Waals surface area contributed by atoms with Crippen molar-refractivity contribution >= 4 is 22.2 Å². The summed E-state index contributed by atoms with van der Waals surface area (Å²) in [5.41, 5.74) is 4.04. The number of hydrogen-bond donors (Lipinski definition) is 0. The number of benzene rings is 2. The molecular formula is C21H13FN2O. The Balaban J connectivity index is 2.06. The number of aromatic nitrogens is 1. The highest BCUT2D eigenvalue weighted by Gasteiger charge is 2.17. The number of aryl methyl sites for hydroxylation is 1. The van der Waals surface area contributed by atoms with Gasteiger partial charge in [-0.25, -0.2) is 4.39 Å². The summed E-state index contributed by atoms with van der Waals surface area (Å²) < 4.78 is 15.1. The second-order valence-corrected chi connectivity index (χ2v) is 6.06. The van der Waals surface area contributed by atoms with Gasteiger partial charge < -0.3 is 4.40 Å². The van der Waals surface area contributed by atoms with E-state index >= 15 is 0 Å². The van der Waals surface area contributed by atoms with Gasteiger partial charge >= 0.3 is 0 Å². The molecule has 0 saturated heterocycles. The first-order valence-electron chi connectivity index (χ1n) is 7.82. The van der Waals surface area contributed by atoms with Crippen molar-refractivity contribution in [2.75, 3.05) is 0 Å². The first-order valence-corrected chi connectivity index (χ1v) is 7.82. The van der Waals surface area contributed by atoms with Gasteiger partial charge in [-0.2, -0.15) is 5.26 Å². The van der Waals surface area contributed by atoms with Crippen molar-refractivity contribution in [2.45, 2.75) is 6.92 Å². The van der Waals surface area contributed by atoms with E-state index in [1.54, 1.807) is 12.1 Å². The summed E-state index contributed by atoms with van der Waals surface area (Å²) in [6.45, 7) is 1.99. The summed E-state index contributed by atoms with van der Waals surface area (Å²) >= 11 is 0. The van der Waals surface area contributed by atoms with Crippen LogP contribution in [0.5, 0.6) is 0 Å². The molecule has 0 radical (unpaired) electrons. The molecule has 0 spiro atoms. The highest BCUT2D eigenvalue weighted by molar-refractivity contribution is 6.16. The van der Waals surface area contributed by atoms with Crippen molar-refractivity contribution in [2.24, 2.45) is 0 Å². The SMILES string of the molecule is Cc1cc2ccc3cc(C#N)cc(C(=O)c4ccc(F)cc4)c3n2c1. The van der Waals surface area contributed by atoms with Gasteiger partial charge in [0, 0.05) is 28.2 Å². The number of nitriles is 1. The largest absolute Gasteiger partial charge is 0.316 e. The van der Waals surface area contributed by atoms with Gasteiger partial charge in [0.2, 0.25) is 0 Å². The Hall–Kier alpha value is -3.45. The van der Waals surface area contributed by atoms with E-state index in [4.69, 9.17) is 0 Å². The zero-order valence-electron chi connectivity index (χ0n) is 13.5. The summed E-state index contributed by atoms with van der Waals surface area (Å²) in [6, 6.07) is 16.8. The summed E-state index contributed by atoms with van der Waals surface area (Å²) in [5, 5.41) is 10.1. The number of halogens is 1. The highest BCUT2D eigenvalue weighted by Crippen LogP contribution is 2.26. The first kappa shape index (κ1) is 15.1. The average Bonchev–Trinajstić information content (AvgIpc) is 3.01. The van der Waals surface area contributed by atoms with E-state index in [-0.39, 0.29) is 5.78 Å². The first-order chi connectivity index (χ1) is 12.1. The third kappa shape index (κ3) is 2.47. The summed E-state index contributed by atoms with van der Waals surface area (Å²) in [5.74, 6) is -0.628. The zero-order valence-corrected chi connectivity index (χ0v) is 13.5. The quantitative estimate of drug-likeness (QED) is 0.503. The Morgan fingerprint density at radius 1 is 1.08 bits per heavy atom. The number of ketones is 1. The fourth-order valence-corrected chi connectivity index (χ4v) is 3.16. The van der Waals surface area contributed by atoms with Crippen LogP contribution >= 0.6 is 0 Å². The molecule has 0 amide bonds. The van der Waals surface area contributed by atoms with Crippen molar-refractivity contribution < 1.29 is 9.18 Å². The molecule has 0 saturated carbocycles. The number of hydrogen-bond acceptors (Lipinski definition) is 2. The lowest BCUT2D eigenvalue weighted by molar-refractivity contribution is 0.104. The van der Waals surface area contributed by atoms with Gasteiger partial charge in [0.05, 0.1) is 17.1 Å². The van der Waals surface area contributed by atoms with Crippen molar-refractivity contribution in [3.8, 4) is 6.07 Å². The maximum atomic E-state index is 13.2. The number of rotatable bonds is 2. The van der Waals surface area contributed by atoms with Crippen LogP contribution in [0.1, 0.15) is 27.0 Å². The molecule has 0 bridgehead atoms. The molecule has 120 valence electrons. The van der Waals surface area contributed by atoms with Crippen molar-refractivity contribution in [3.63, 3.8) is 0 Å². The maximum Gasteiger partial charge on any atom is 0.195 e. The van der Waals surface area contributed by atoms with E-state index in [9.17, 15) is 14.4 Å². The number of pyridine rings is 1. The van der Waals surface area contributed by atoms with Crippen LogP contribution in [0.4, 0.5) is 4.39 Å². The molecule has 2 heterocycles. The van der Waals surface area contributed by atoms with Gasteiger partial charge in [-0.15, -0.1) is 0 Å². The lowest BCUT2D eigenvalue weighted by Gasteiger charge is -2.10. The third-order valence-corrected chi connectivity index (χ3v) is 4.28. The van der Waals surface area contributed by atoms with Crippen LogP contribution < -0.4 is 0 Å². The number of fused-ring (bicyclic) bond motifs is 3. The summed E-state index contributed by atoms with van der Waals surface area (Å²) in [6.07, 6.45) is 1.96. The van der Waals surface area contributed by atoms with E-state index < -0.39 is 5.82 Å². The van der Waals surface area contributed by atoms with Crippen LogP contribution in [0.25, 0.3) is 16.4 Å². The molecule has 3 nitrogen and oxygen atoms in total. The lowest BCUT2D eigenvalue weighted by Crippen LogP contribution is -2.05. The normalized spacial score (nSPS) is 10.9. The van der Waals surface area contributed by atoms with E-state index in [1.165, 1.54) is 24.3 Å². The number of nitrogens with zero attached hydrogens (tertiary/aromatic N) is 2. The molecule has 0 unspecified atom stereocenters. The number of carbonyl (C=O) groups excluding carboxylic acids is 1. The minimum Gasteiger partial charge on any atom is -0.316 e. The van der Waals surface area contributed by atoms with E-state index in [0.717, 1.165) is 22.0 Å². The molecule has 2 aromatic carbocycles. The van der Waals surface area contributed by atoms with Crippen molar-refractivity contribution in [1.82, 2.24) is 4.40 Å². The minimum absolute atomic E-state index is 0.235.